The lowest BCUT2D eigenvalue weighted by Crippen LogP contribution is -2.50. The fourth-order valence-electron chi connectivity index (χ4n) is 5.31. The molecule has 2 aromatic carbocycles. The molecule has 2 aliphatic rings. The van der Waals surface area contributed by atoms with E-state index in [-0.39, 0.29) is 25.4 Å². The van der Waals surface area contributed by atoms with Gasteiger partial charge in [-0.3, -0.25) is 8.98 Å². The summed E-state index contributed by atoms with van der Waals surface area (Å²) in [6.07, 6.45) is -3.27. The summed E-state index contributed by atoms with van der Waals surface area (Å²) in [6.45, 7) is 11.6. The number of ether oxygens (including phenoxy) is 6. The average Bonchev–Trinajstić information content (AvgIpc) is 3.48. The number of nitrogens with one attached hydrogen (secondary N) is 2. The molecule has 14 nitrogen and oxygen atoms in total. The van der Waals surface area contributed by atoms with Crippen molar-refractivity contribution in [2.75, 3.05) is 13.2 Å². The minimum atomic E-state index is -4.62. The van der Waals surface area contributed by atoms with Crippen molar-refractivity contribution < 1.29 is 55.4 Å². The van der Waals surface area contributed by atoms with E-state index in [0.29, 0.717) is 17.1 Å². The monoisotopic (exact) mass is 706 g/mol. The molecule has 5 atom stereocenters. The smallest absolute Gasteiger partial charge is 0.408 e. The normalized spacial score (nSPS) is 22.2. The number of carbonyl (C=O) groups excluding carboxylic acids is 3. The van der Waals surface area contributed by atoms with Crippen LogP contribution in [0.4, 0.5) is 4.79 Å². The van der Waals surface area contributed by atoms with Crippen LogP contribution in [0.3, 0.4) is 0 Å². The highest BCUT2D eigenvalue weighted by Gasteiger charge is 2.55. The maximum absolute atomic E-state index is 12.9. The second kappa shape index (κ2) is 15.9. The van der Waals surface area contributed by atoms with Crippen molar-refractivity contribution in [3.05, 3.63) is 60.2 Å². The first-order valence-electron chi connectivity index (χ1n) is 16.1. The van der Waals surface area contributed by atoms with Crippen molar-refractivity contribution in [3.63, 3.8) is 0 Å². The molecule has 2 amide bonds. The third-order valence-corrected chi connectivity index (χ3v) is 8.18. The molecule has 2 saturated heterocycles. The number of rotatable bonds is 14. The number of alkyl carbamates (subject to hydrolysis) is 1. The Labute approximate surface area is 287 Å². The zero-order valence-corrected chi connectivity index (χ0v) is 29.6. The van der Waals surface area contributed by atoms with E-state index in [9.17, 15) is 22.8 Å². The maximum Gasteiger partial charge on any atom is 0.408 e. The van der Waals surface area contributed by atoms with Gasteiger partial charge < -0.3 is 33.7 Å². The Morgan fingerprint density at radius 3 is 2.14 bits per heavy atom. The van der Waals surface area contributed by atoms with Gasteiger partial charge in [0.05, 0.1) is 24.9 Å². The Balaban J connectivity index is 1.30. The molecular weight excluding hydrogens is 660 g/mol. The zero-order chi connectivity index (χ0) is 36.0. The average molecular weight is 707 g/mol. The molecule has 0 aliphatic carbocycles. The summed E-state index contributed by atoms with van der Waals surface area (Å²) in [6, 6.07) is 14.6. The first kappa shape index (κ1) is 38.0. The van der Waals surface area contributed by atoms with Crippen LogP contribution in [0.25, 0.3) is 0 Å². The number of fused-ring (bicyclic) bond motifs is 1. The minimum absolute atomic E-state index is 0.0113. The number of para-hydroxylation sites is 1. The van der Waals surface area contributed by atoms with Gasteiger partial charge in [-0.15, -0.1) is 0 Å². The van der Waals surface area contributed by atoms with E-state index in [1.165, 1.54) is 0 Å². The molecule has 0 aromatic heterocycles. The van der Waals surface area contributed by atoms with Crippen LogP contribution in [0.2, 0.25) is 0 Å². The van der Waals surface area contributed by atoms with Crippen LogP contribution >= 0.6 is 0 Å². The molecule has 0 saturated carbocycles. The van der Waals surface area contributed by atoms with Gasteiger partial charge in [-0.25, -0.2) is 14.3 Å². The molecule has 15 heteroatoms. The lowest BCUT2D eigenvalue weighted by molar-refractivity contribution is -0.190. The third kappa shape index (κ3) is 11.7. The molecule has 5 unspecified atom stereocenters. The summed E-state index contributed by atoms with van der Waals surface area (Å²) in [5.41, 5.74) is -0.481. The van der Waals surface area contributed by atoms with Crippen LogP contribution < -0.4 is 14.8 Å². The van der Waals surface area contributed by atoms with Crippen LogP contribution in [0, 0.1) is 5.92 Å². The van der Waals surface area contributed by atoms with E-state index in [0.717, 1.165) is 0 Å². The van der Waals surface area contributed by atoms with E-state index in [4.69, 9.17) is 32.6 Å². The molecule has 2 heterocycles. The van der Waals surface area contributed by atoms with Crippen LogP contribution in [0.15, 0.2) is 54.6 Å². The number of esters is 1. The lowest BCUT2D eigenvalue weighted by Gasteiger charge is -2.25. The van der Waals surface area contributed by atoms with Crippen molar-refractivity contribution in [2.45, 2.75) is 103 Å². The van der Waals surface area contributed by atoms with Crippen molar-refractivity contribution in [1.82, 2.24) is 10.0 Å². The Hall–Kier alpha value is -3.76. The topological polar surface area (TPSA) is 174 Å². The first-order valence-corrected chi connectivity index (χ1v) is 17.5. The van der Waals surface area contributed by atoms with Gasteiger partial charge in [-0.05, 0) is 83.4 Å². The Morgan fingerprint density at radius 1 is 0.918 bits per heavy atom. The third-order valence-electron chi connectivity index (χ3n) is 7.28. The van der Waals surface area contributed by atoms with Crippen LogP contribution in [-0.4, -0.2) is 81.4 Å². The molecule has 270 valence electrons. The van der Waals surface area contributed by atoms with Crippen molar-refractivity contribution >= 4 is 28.3 Å². The van der Waals surface area contributed by atoms with Gasteiger partial charge in [0.1, 0.15) is 41.5 Å². The first-order chi connectivity index (χ1) is 22.9. The van der Waals surface area contributed by atoms with Gasteiger partial charge in [-0.2, -0.15) is 8.42 Å². The van der Waals surface area contributed by atoms with Crippen molar-refractivity contribution in [3.8, 4) is 11.5 Å². The quantitative estimate of drug-likeness (QED) is 0.261. The second-order valence-electron chi connectivity index (χ2n) is 13.7. The van der Waals surface area contributed by atoms with Gasteiger partial charge in [0.15, 0.2) is 5.79 Å². The number of amides is 2. The summed E-state index contributed by atoms with van der Waals surface area (Å²) in [5, 5.41) is 2.42. The number of benzene rings is 2. The van der Waals surface area contributed by atoms with Gasteiger partial charge in [-0.1, -0.05) is 32.0 Å². The fraction of sp³-hybridized carbons (Fsp3) is 0.559. The highest BCUT2D eigenvalue weighted by atomic mass is 32.2. The molecule has 2 aromatic rings. The van der Waals surface area contributed by atoms with Crippen molar-refractivity contribution in [2.24, 2.45) is 5.92 Å². The van der Waals surface area contributed by atoms with Crippen LogP contribution in [-0.2, 0) is 43.0 Å². The second-order valence-corrected chi connectivity index (χ2v) is 15.0. The predicted molar refractivity (Wildman–Crippen MR) is 176 cm³/mol. The van der Waals surface area contributed by atoms with Crippen LogP contribution in [0.1, 0.15) is 71.7 Å². The van der Waals surface area contributed by atoms with E-state index < -0.39 is 76.7 Å². The molecule has 49 heavy (non-hydrogen) atoms. The largest absolute Gasteiger partial charge is 0.462 e. The fourth-order valence-corrected chi connectivity index (χ4v) is 6.07. The SMILES string of the molecule is CC(C)CC(NC(=O)OC(C)(C)C)C(=O)NS(=O)(=O)OCC1OC(CCOC(=O)c2ccc(Oc3ccccc3)cc2)C2OC(C)(C)OC12. The molecular formula is C34H46N2O12S. The number of hydrogen-bond acceptors (Lipinski definition) is 12. The molecule has 0 spiro atoms. The highest BCUT2D eigenvalue weighted by molar-refractivity contribution is 7.85. The maximum atomic E-state index is 12.9. The van der Waals surface area contributed by atoms with Crippen LogP contribution in [0.5, 0.6) is 11.5 Å². The summed E-state index contributed by atoms with van der Waals surface area (Å²) in [7, 11) is -4.62. The Morgan fingerprint density at radius 2 is 1.53 bits per heavy atom. The standard InChI is InChI=1S/C34H46N2O12S/c1-21(2)19-25(35-32(39)48-33(3,4)5)30(37)36-49(40,41)43-20-27-29-28(46-34(6,7)47-29)26(45-27)17-18-42-31(38)22-13-15-24(16-14-22)44-23-11-9-8-10-12-23/h8-16,21,25-29H,17-20H2,1-7H3,(H,35,39)(H,36,37). The zero-order valence-electron chi connectivity index (χ0n) is 28.8. The predicted octanol–water partition coefficient (Wildman–Crippen LogP) is 4.63. The van der Waals surface area contributed by atoms with Gasteiger partial charge >= 0.3 is 22.4 Å². The molecule has 2 aliphatic heterocycles. The summed E-state index contributed by atoms with van der Waals surface area (Å²) >= 11 is 0. The van der Waals surface area contributed by atoms with E-state index >= 15 is 0 Å². The molecule has 0 radical (unpaired) electrons. The van der Waals surface area contributed by atoms with Gasteiger partial charge in [0, 0.05) is 6.42 Å². The highest BCUT2D eigenvalue weighted by Crippen LogP contribution is 2.40. The molecule has 0 bridgehead atoms. The van der Waals surface area contributed by atoms with E-state index in [1.807, 2.05) is 48.9 Å². The van der Waals surface area contributed by atoms with E-state index in [2.05, 4.69) is 5.32 Å². The number of hydrogen-bond donors (Lipinski definition) is 2. The Bertz CT molecular complexity index is 1540. The van der Waals surface area contributed by atoms with E-state index in [1.54, 1.807) is 58.9 Å². The number of carbonyl (C=O) groups is 3. The molecule has 2 fully saturated rings. The van der Waals surface area contributed by atoms with Gasteiger partial charge in [0.2, 0.25) is 0 Å². The lowest BCUT2D eigenvalue weighted by atomic mass is 10.0. The minimum Gasteiger partial charge on any atom is -0.462 e. The summed E-state index contributed by atoms with van der Waals surface area (Å²) < 4.78 is 67.1. The molecule has 4 rings (SSSR count). The van der Waals surface area contributed by atoms with Gasteiger partial charge in [0.25, 0.3) is 5.91 Å². The van der Waals surface area contributed by atoms with Crippen molar-refractivity contribution in [1.29, 1.82) is 0 Å². The summed E-state index contributed by atoms with van der Waals surface area (Å²) in [5.74, 6) is -1.33. The summed E-state index contributed by atoms with van der Waals surface area (Å²) in [4.78, 5) is 37.9. The Kier molecular flexibility index (Phi) is 12.3. The molecule has 2 N–H and O–H groups in total.